The molecule has 0 aliphatic heterocycles. The fourth-order valence-corrected chi connectivity index (χ4v) is 1.29. The van der Waals surface area contributed by atoms with Crippen molar-refractivity contribution in [3.05, 3.63) is 18.3 Å². The minimum Gasteiger partial charge on any atom is -0.396 e. The smallest absolute Gasteiger partial charge is 0.149 e. The molecule has 1 aromatic rings. The van der Waals surface area contributed by atoms with Crippen LogP contribution in [0.4, 0.5) is 11.5 Å². The van der Waals surface area contributed by atoms with E-state index in [0.717, 1.165) is 5.82 Å². The molecule has 0 fully saturated rings. The topological polar surface area (TPSA) is 60.2 Å². The van der Waals surface area contributed by atoms with Crippen molar-refractivity contribution in [3.8, 4) is 0 Å². The second-order valence-electron chi connectivity index (χ2n) is 3.89. The fourth-order valence-electron chi connectivity index (χ4n) is 1.29. The predicted octanol–water partition coefficient (Wildman–Crippen LogP) is 1.75. The minimum atomic E-state index is 0.229. The number of ether oxygens (including phenoxy) is 1. The van der Waals surface area contributed by atoms with Gasteiger partial charge in [-0.25, -0.2) is 4.98 Å². The number of aromatic nitrogens is 1. The molecule has 84 valence electrons. The normalized spacial score (nSPS) is 12.8. The van der Waals surface area contributed by atoms with E-state index in [1.807, 2.05) is 12.1 Å². The maximum Gasteiger partial charge on any atom is 0.149 e. The molecule has 1 rings (SSSR count). The highest BCUT2D eigenvalue weighted by Gasteiger charge is 2.14. The molecule has 15 heavy (non-hydrogen) atoms. The summed E-state index contributed by atoms with van der Waals surface area (Å²) in [7, 11) is 1.69. The van der Waals surface area contributed by atoms with Gasteiger partial charge < -0.3 is 15.8 Å². The Balaban J connectivity index is 2.69. The summed E-state index contributed by atoms with van der Waals surface area (Å²) < 4.78 is 5.15. The summed E-state index contributed by atoms with van der Waals surface area (Å²) in [4.78, 5) is 4.19. The number of hydrogen-bond acceptors (Lipinski definition) is 4. The Labute approximate surface area is 90.8 Å². The molecule has 3 N–H and O–H groups in total. The lowest BCUT2D eigenvalue weighted by Gasteiger charge is -2.22. The number of anilines is 2. The average molecular weight is 209 g/mol. The molecule has 0 aliphatic rings. The summed E-state index contributed by atoms with van der Waals surface area (Å²) in [6, 6.07) is 3.88. The van der Waals surface area contributed by atoms with Crippen LogP contribution in [0, 0.1) is 5.92 Å². The zero-order valence-electron chi connectivity index (χ0n) is 9.53. The molecule has 1 atom stereocenters. The summed E-state index contributed by atoms with van der Waals surface area (Å²) in [5.41, 5.74) is 6.47. The quantitative estimate of drug-likeness (QED) is 0.775. The fraction of sp³-hybridized carbons (Fsp3) is 0.545. The Kier molecular flexibility index (Phi) is 4.37. The highest BCUT2D eigenvalue weighted by molar-refractivity contribution is 5.60. The molecule has 4 heteroatoms. The van der Waals surface area contributed by atoms with Crippen LogP contribution >= 0.6 is 0 Å². The van der Waals surface area contributed by atoms with E-state index in [1.165, 1.54) is 0 Å². The summed E-state index contributed by atoms with van der Waals surface area (Å²) in [6.45, 7) is 4.92. The van der Waals surface area contributed by atoms with Crippen molar-refractivity contribution in [1.29, 1.82) is 0 Å². The summed E-state index contributed by atoms with van der Waals surface area (Å²) in [5, 5.41) is 3.29. The standard InChI is InChI=1S/C11H19N3O/c1-8(2)10(7-15-3)14-11-9(12)5-4-6-13-11/h4-6,8,10H,7,12H2,1-3H3,(H,13,14). The molecule has 0 spiro atoms. The van der Waals surface area contributed by atoms with Crippen molar-refractivity contribution >= 4 is 11.5 Å². The van der Waals surface area contributed by atoms with Crippen LogP contribution in [0.15, 0.2) is 18.3 Å². The van der Waals surface area contributed by atoms with Crippen molar-refractivity contribution in [2.45, 2.75) is 19.9 Å². The number of hydrogen-bond donors (Lipinski definition) is 2. The van der Waals surface area contributed by atoms with E-state index >= 15 is 0 Å². The summed E-state index contributed by atoms with van der Waals surface area (Å²) in [5.74, 6) is 1.19. The van der Waals surface area contributed by atoms with Crippen molar-refractivity contribution < 1.29 is 4.74 Å². The third kappa shape index (κ3) is 3.40. The van der Waals surface area contributed by atoms with Crippen LogP contribution in [0.5, 0.6) is 0 Å². The highest BCUT2D eigenvalue weighted by atomic mass is 16.5. The van der Waals surface area contributed by atoms with Gasteiger partial charge in [-0.1, -0.05) is 13.8 Å². The van der Waals surface area contributed by atoms with Gasteiger partial charge in [0.15, 0.2) is 0 Å². The Morgan fingerprint density at radius 1 is 1.53 bits per heavy atom. The number of methoxy groups -OCH3 is 1. The Morgan fingerprint density at radius 2 is 2.27 bits per heavy atom. The molecule has 0 radical (unpaired) electrons. The van der Waals surface area contributed by atoms with Crippen LogP contribution in [0.25, 0.3) is 0 Å². The van der Waals surface area contributed by atoms with Crippen LogP contribution in [0.2, 0.25) is 0 Å². The molecule has 0 aromatic carbocycles. The van der Waals surface area contributed by atoms with Crippen LogP contribution in [0.3, 0.4) is 0 Å². The molecule has 4 nitrogen and oxygen atoms in total. The SMILES string of the molecule is COCC(Nc1ncccc1N)C(C)C. The monoisotopic (exact) mass is 209 g/mol. The summed E-state index contributed by atoms with van der Waals surface area (Å²) in [6.07, 6.45) is 1.73. The average Bonchev–Trinajstić information content (AvgIpc) is 2.20. The number of nitrogens with two attached hydrogens (primary N) is 1. The highest BCUT2D eigenvalue weighted by Crippen LogP contribution is 2.16. The first kappa shape index (κ1) is 11.8. The van der Waals surface area contributed by atoms with Gasteiger partial charge in [0, 0.05) is 13.3 Å². The van der Waals surface area contributed by atoms with Crippen LogP contribution in [0.1, 0.15) is 13.8 Å². The maximum atomic E-state index is 5.80. The van der Waals surface area contributed by atoms with Crippen LogP contribution in [-0.4, -0.2) is 24.7 Å². The molecule has 0 aliphatic carbocycles. The van der Waals surface area contributed by atoms with Gasteiger partial charge in [-0.2, -0.15) is 0 Å². The molecular formula is C11H19N3O. The Morgan fingerprint density at radius 3 is 2.80 bits per heavy atom. The predicted molar refractivity (Wildman–Crippen MR) is 62.8 cm³/mol. The zero-order valence-corrected chi connectivity index (χ0v) is 9.53. The van der Waals surface area contributed by atoms with E-state index in [2.05, 4.69) is 24.1 Å². The van der Waals surface area contributed by atoms with Gasteiger partial charge in [-0.15, -0.1) is 0 Å². The third-order valence-electron chi connectivity index (χ3n) is 2.31. The first-order valence-corrected chi connectivity index (χ1v) is 5.11. The molecule has 0 bridgehead atoms. The van der Waals surface area contributed by atoms with Crippen molar-refractivity contribution in [1.82, 2.24) is 4.98 Å². The van der Waals surface area contributed by atoms with E-state index in [9.17, 15) is 0 Å². The first-order chi connectivity index (χ1) is 7.15. The number of rotatable bonds is 5. The largest absolute Gasteiger partial charge is 0.396 e. The van der Waals surface area contributed by atoms with Crippen molar-refractivity contribution in [2.75, 3.05) is 24.8 Å². The molecule has 0 saturated heterocycles. The number of pyridine rings is 1. The first-order valence-electron chi connectivity index (χ1n) is 5.11. The Hall–Kier alpha value is -1.29. The van der Waals surface area contributed by atoms with Gasteiger partial charge in [0.25, 0.3) is 0 Å². The molecular weight excluding hydrogens is 190 g/mol. The lowest BCUT2D eigenvalue weighted by atomic mass is 10.1. The Bertz CT molecular complexity index is 302. The van der Waals surface area contributed by atoms with E-state index in [0.29, 0.717) is 18.2 Å². The van der Waals surface area contributed by atoms with E-state index in [1.54, 1.807) is 13.3 Å². The molecule has 1 heterocycles. The lowest BCUT2D eigenvalue weighted by molar-refractivity contribution is 0.171. The van der Waals surface area contributed by atoms with E-state index in [-0.39, 0.29) is 6.04 Å². The van der Waals surface area contributed by atoms with Gasteiger partial charge in [-0.3, -0.25) is 0 Å². The molecule has 1 unspecified atom stereocenters. The van der Waals surface area contributed by atoms with Gasteiger partial charge in [0.2, 0.25) is 0 Å². The molecule has 1 aromatic heterocycles. The maximum absolute atomic E-state index is 5.80. The van der Waals surface area contributed by atoms with Gasteiger partial charge in [-0.05, 0) is 18.1 Å². The van der Waals surface area contributed by atoms with Crippen LogP contribution in [-0.2, 0) is 4.74 Å². The van der Waals surface area contributed by atoms with Gasteiger partial charge >= 0.3 is 0 Å². The van der Waals surface area contributed by atoms with E-state index in [4.69, 9.17) is 10.5 Å². The van der Waals surface area contributed by atoms with Gasteiger partial charge in [0.1, 0.15) is 5.82 Å². The summed E-state index contributed by atoms with van der Waals surface area (Å²) >= 11 is 0. The lowest BCUT2D eigenvalue weighted by Crippen LogP contribution is -2.31. The van der Waals surface area contributed by atoms with Gasteiger partial charge in [0.05, 0.1) is 18.3 Å². The third-order valence-corrected chi connectivity index (χ3v) is 2.31. The number of nitrogen functional groups attached to an aromatic ring is 1. The second-order valence-corrected chi connectivity index (χ2v) is 3.89. The number of nitrogens with zero attached hydrogens (tertiary/aromatic N) is 1. The molecule has 0 saturated carbocycles. The van der Waals surface area contributed by atoms with Crippen molar-refractivity contribution in [3.63, 3.8) is 0 Å². The molecule has 0 amide bonds. The van der Waals surface area contributed by atoms with Crippen LogP contribution < -0.4 is 11.1 Å². The number of nitrogens with one attached hydrogen (secondary N) is 1. The zero-order chi connectivity index (χ0) is 11.3. The second kappa shape index (κ2) is 5.56. The minimum absolute atomic E-state index is 0.229. The van der Waals surface area contributed by atoms with E-state index < -0.39 is 0 Å². The van der Waals surface area contributed by atoms with Crippen molar-refractivity contribution in [2.24, 2.45) is 5.92 Å².